The van der Waals surface area contributed by atoms with Crippen molar-refractivity contribution < 1.29 is 19.4 Å². The maximum absolute atomic E-state index is 9.38. The van der Waals surface area contributed by atoms with Crippen LogP contribution >= 0.6 is 27.3 Å². The monoisotopic (exact) mass is 490 g/mol. The molecule has 1 aliphatic carbocycles. The van der Waals surface area contributed by atoms with Gasteiger partial charge in [-0.05, 0) is 25.2 Å². The first-order valence-corrected chi connectivity index (χ1v) is 15.2. The van der Waals surface area contributed by atoms with E-state index >= 15 is 0 Å². The predicted octanol–water partition coefficient (Wildman–Crippen LogP) is 5.73. The Morgan fingerprint density at radius 2 is 1.78 bits per heavy atom. The minimum atomic E-state index is -1.71. The van der Waals surface area contributed by atoms with Crippen LogP contribution < -0.4 is 0 Å². The molecule has 0 unspecified atom stereocenters. The van der Waals surface area contributed by atoms with Crippen molar-refractivity contribution in [3.05, 3.63) is 22.3 Å². The van der Waals surface area contributed by atoms with Crippen molar-refractivity contribution in [1.82, 2.24) is 0 Å². The van der Waals surface area contributed by atoms with Crippen molar-refractivity contribution in [3.8, 4) is 0 Å². The first kappa shape index (κ1) is 19.1. The van der Waals surface area contributed by atoms with Crippen LogP contribution in [0.2, 0.25) is 0 Å². The molecule has 1 nitrogen and oxygen atoms in total. The molecule has 0 radical (unpaired) electrons. The van der Waals surface area contributed by atoms with Crippen LogP contribution in [0.4, 0.5) is 0 Å². The Bertz CT molecular complexity index is 249. The van der Waals surface area contributed by atoms with Gasteiger partial charge in [0.25, 0.3) is 0 Å². The van der Waals surface area contributed by atoms with E-state index in [0.717, 1.165) is 18.7 Å². The van der Waals surface area contributed by atoms with Crippen molar-refractivity contribution in [2.75, 3.05) is 12.3 Å². The summed E-state index contributed by atoms with van der Waals surface area (Å²) < 4.78 is 1.26. The van der Waals surface area contributed by atoms with Gasteiger partial charge in [-0.1, -0.05) is 26.7 Å². The van der Waals surface area contributed by atoms with E-state index < -0.39 is 22.6 Å². The Kier molecular flexibility index (Phi) is 13.9. The van der Waals surface area contributed by atoms with Gasteiger partial charge >= 0.3 is 62.4 Å². The zero-order valence-electron chi connectivity index (χ0n) is 11.2. The molecule has 110 valence electrons. The fourth-order valence-corrected chi connectivity index (χ4v) is 5.60. The second-order valence-electron chi connectivity index (χ2n) is 4.05. The van der Waals surface area contributed by atoms with Crippen LogP contribution in [-0.4, -0.2) is 17.2 Å². The second kappa shape index (κ2) is 13.1. The third-order valence-corrected chi connectivity index (χ3v) is 8.78. The van der Waals surface area contributed by atoms with Gasteiger partial charge in [0.15, 0.2) is 0 Å². The fraction of sp³-hybridized carbons (Fsp3) is 0.692. The summed E-state index contributed by atoms with van der Waals surface area (Å²) in [7, 11) is 10.8. The van der Waals surface area contributed by atoms with E-state index in [2.05, 4.69) is 19.9 Å². The number of unbranched alkanes of at least 4 members (excludes halogenated alkanes) is 2. The SMILES string of the molecule is CCCCP(O)CCCC.[Cl][Ir]([Cl])[C]1=CC=CC1. The second-order valence-corrected chi connectivity index (χ2v) is 13.9. The number of halogens is 2. The summed E-state index contributed by atoms with van der Waals surface area (Å²) in [6, 6.07) is 0. The van der Waals surface area contributed by atoms with Gasteiger partial charge in [0, 0.05) is 8.15 Å². The summed E-state index contributed by atoms with van der Waals surface area (Å²) in [6.45, 7) is 4.34. The number of hydrogen-bond acceptors (Lipinski definition) is 1. The van der Waals surface area contributed by atoms with Crippen molar-refractivity contribution in [2.24, 2.45) is 0 Å². The molecule has 1 rings (SSSR count). The standard InChI is InChI=1S/C8H19OP.C5H5.2ClH.Ir/c1-3-5-7-10(9)8-6-4-2;1-2-4-5-3-1;;;/h9H,3-8H2,1-2H3;1-3H,4H2;2*1H;/q;;;;+2/p-2. The maximum atomic E-state index is 9.38. The van der Waals surface area contributed by atoms with Gasteiger partial charge in [0.2, 0.25) is 0 Å². The number of hydrogen-bond donors (Lipinski definition) is 1. The summed E-state index contributed by atoms with van der Waals surface area (Å²) in [6.07, 6.45) is 14.0. The van der Waals surface area contributed by atoms with Crippen LogP contribution in [0.1, 0.15) is 46.0 Å². The summed E-state index contributed by atoms with van der Waals surface area (Å²) in [4.78, 5) is 9.38. The molecule has 0 spiro atoms. The summed E-state index contributed by atoms with van der Waals surface area (Å²) in [5, 5.41) is 0. The van der Waals surface area contributed by atoms with E-state index in [1.54, 1.807) is 0 Å². The van der Waals surface area contributed by atoms with Crippen molar-refractivity contribution in [2.45, 2.75) is 46.0 Å². The molecule has 0 aromatic heterocycles. The minimum absolute atomic E-state index is 0.592. The summed E-state index contributed by atoms with van der Waals surface area (Å²) >= 11 is -1.71. The van der Waals surface area contributed by atoms with E-state index in [1.807, 2.05) is 12.2 Å². The number of rotatable bonds is 7. The van der Waals surface area contributed by atoms with Gasteiger partial charge in [0.05, 0.1) is 0 Å². The van der Waals surface area contributed by atoms with Crippen molar-refractivity contribution in [1.29, 1.82) is 0 Å². The van der Waals surface area contributed by atoms with Crippen LogP contribution in [0, 0.1) is 0 Å². The molecule has 0 saturated carbocycles. The molecule has 0 heterocycles. The van der Waals surface area contributed by atoms with Crippen LogP contribution in [-0.2, 0) is 14.5 Å². The molecule has 18 heavy (non-hydrogen) atoms. The van der Waals surface area contributed by atoms with Gasteiger partial charge in [-0.25, -0.2) is 0 Å². The normalized spacial score (nSPS) is 14.3. The molecule has 0 aromatic carbocycles. The van der Waals surface area contributed by atoms with Gasteiger partial charge in [-0.3, -0.25) is 0 Å². The fourth-order valence-electron chi connectivity index (χ4n) is 1.30. The molecule has 0 bridgehead atoms. The molecular formula is C13H24Cl2IrOP. The number of allylic oxidation sites excluding steroid dienone is 4. The Morgan fingerprint density at radius 1 is 1.22 bits per heavy atom. The molecular weight excluding hydrogens is 466 g/mol. The Morgan fingerprint density at radius 3 is 2.06 bits per heavy atom. The third kappa shape index (κ3) is 11.0. The Balaban J connectivity index is 0.000000327. The summed E-state index contributed by atoms with van der Waals surface area (Å²) in [5.41, 5.74) is 0. The Hall–Kier alpha value is 1.10. The topological polar surface area (TPSA) is 20.2 Å². The molecule has 1 N–H and O–H groups in total. The quantitative estimate of drug-likeness (QED) is 0.452. The van der Waals surface area contributed by atoms with E-state index in [1.165, 1.54) is 29.8 Å². The molecule has 0 atom stereocenters. The average molecular weight is 490 g/mol. The first-order chi connectivity index (χ1) is 8.61. The first-order valence-electron chi connectivity index (χ1n) is 6.38. The zero-order valence-corrected chi connectivity index (χ0v) is 16.0. The van der Waals surface area contributed by atoms with Crippen molar-refractivity contribution >= 4 is 27.3 Å². The van der Waals surface area contributed by atoms with E-state index in [9.17, 15) is 4.89 Å². The van der Waals surface area contributed by atoms with Gasteiger partial charge < -0.3 is 4.89 Å². The van der Waals surface area contributed by atoms with Crippen LogP contribution in [0.25, 0.3) is 0 Å². The van der Waals surface area contributed by atoms with E-state index in [-0.39, 0.29) is 0 Å². The molecule has 0 fully saturated rings. The van der Waals surface area contributed by atoms with E-state index in [4.69, 9.17) is 19.2 Å². The predicted molar refractivity (Wildman–Crippen MR) is 82.2 cm³/mol. The third-order valence-electron chi connectivity index (χ3n) is 2.41. The van der Waals surface area contributed by atoms with Crippen LogP contribution in [0.5, 0.6) is 0 Å². The average Bonchev–Trinajstić information content (AvgIpc) is 2.88. The molecule has 0 amide bonds. The van der Waals surface area contributed by atoms with Crippen LogP contribution in [0.15, 0.2) is 22.3 Å². The van der Waals surface area contributed by atoms with Gasteiger partial charge in [-0.15, -0.1) is 0 Å². The molecule has 0 aromatic rings. The molecule has 1 aliphatic rings. The zero-order chi connectivity index (χ0) is 13.8. The summed E-state index contributed by atoms with van der Waals surface area (Å²) in [5.74, 6) is 0. The molecule has 0 aliphatic heterocycles. The molecule has 5 heteroatoms. The van der Waals surface area contributed by atoms with Crippen molar-refractivity contribution in [3.63, 3.8) is 0 Å². The molecule has 0 saturated heterocycles. The van der Waals surface area contributed by atoms with Gasteiger partial charge in [0.1, 0.15) is 0 Å². The van der Waals surface area contributed by atoms with Gasteiger partial charge in [-0.2, -0.15) is 0 Å². The van der Waals surface area contributed by atoms with Crippen LogP contribution in [0.3, 0.4) is 0 Å². The Labute approximate surface area is 127 Å². The van der Waals surface area contributed by atoms with E-state index in [0.29, 0.717) is 0 Å².